The third kappa shape index (κ3) is 13.4. The molecule has 0 spiro atoms. The van der Waals surface area contributed by atoms with Gasteiger partial charge in [0.1, 0.15) is 48.8 Å². The summed E-state index contributed by atoms with van der Waals surface area (Å²) in [4.78, 5) is 0. The molecule has 2 saturated heterocycles. The molecule has 0 radical (unpaired) electrons. The van der Waals surface area contributed by atoms with Gasteiger partial charge in [0.15, 0.2) is 0 Å². The number of hydrogen-bond donors (Lipinski definition) is 6. The van der Waals surface area contributed by atoms with E-state index < -0.39 is 48.8 Å². The molecule has 10 nitrogen and oxygen atoms in total. The van der Waals surface area contributed by atoms with Crippen molar-refractivity contribution in [3.05, 3.63) is 0 Å². The molecule has 8 unspecified atom stereocenters. The first-order valence-electron chi connectivity index (χ1n) is 15.3. The fraction of sp³-hybridized carbons (Fsp3) is 1.00. The Morgan fingerprint density at radius 2 is 0.974 bits per heavy atom. The molecule has 0 aromatic heterocycles. The van der Waals surface area contributed by atoms with E-state index in [0.717, 1.165) is 19.3 Å². The SMILES string of the molecule is CCCCCCCCCCCCCCC(COCC(O)C1OCC(O)C1O)COCC(O)C1OCC(O)C1O. The molecule has 0 saturated carbocycles. The minimum absolute atomic E-state index is 0.0168. The monoisotopic (exact) mass is 564 g/mol. The van der Waals surface area contributed by atoms with Crippen molar-refractivity contribution in [1.29, 1.82) is 0 Å². The van der Waals surface area contributed by atoms with Crippen molar-refractivity contribution in [3.63, 3.8) is 0 Å². The van der Waals surface area contributed by atoms with Crippen molar-refractivity contribution in [3.8, 4) is 0 Å². The van der Waals surface area contributed by atoms with E-state index in [9.17, 15) is 30.6 Å². The number of aliphatic hydroxyl groups is 6. The Kier molecular flexibility index (Phi) is 18.3. The summed E-state index contributed by atoms with van der Waals surface area (Å²) in [6.07, 6.45) is 7.93. The largest absolute Gasteiger partial charge is 0.388 e. The number of ether oxygens (including phenoxy) is 4. The van der Waals surface area contributed by atoms with Crippen molar-refractivity contribution >= 4 is 0 Å². The van der Waals surface area contributed by atoms with Crippen LogP contribution >= 0.6 is 0 Å². The molecular weight excluding hydrogens is 508 g/mol. The smallest absolute Gasteiger partial charge is 0.114 e. The van der Waals surface area contributed by atoms with Crippen LogP contribution in [0.15, 0.2) is 0 Å². The van der Waals surface area contributed by atoms with Crippen LogP contribution in [-0.2, 0) is 18.9 Å². The molecular formula is C29H56O10. The van der Waals surface area contributed by atoms with Crippen LogP contribution in [-0.4, -0.2) is 119 Å². The standard InChI is InChI=1S/C29H56O10/c1-2-3-4-5-6-7-8-9-10-11-12-13-14-21(15-36-17-24(32)28-26(34)22(30)19-38-28)16-37-18-25(33)29-27(35)23(31)20-39-29/h21-35H,2-20H2,1H3. The molecule has 8 atom stereocenters. The minimum atomic E-state index is -1.14. The second-order valence-corrected chi connectivity index (χ2v) is 11.5. The summed E-state index contributed by atoms with van der Waals surface area (Å²) in [5, 5.41) is 59.7. The van der Waals surface area contributed by atoms with Gasteiger partial charge in [0.05, 0.1) is 39.6 Å². The Labute approximate surface area is 234 Å². The fourth-order valence-electron chi connectivity index (χ4n) is 5.32. The van der Waals surface area contributed by atoms with Crippen LogP contribution in [0.2, 0.25) is 0 Å². The maximum Gasteiger partial charge on any atom is 0.114 e. The second kappa shape index (κ2) is 20.5. The molecule has 0 aromatic rings. The summed E-state index contributed by atoms with van der Waals surface area (Å²) in [6.45, 7) is 2.80. The third-order valence-corrected chi connectivity index (χ3v) is 7.89. The number of hydrogen-bond acceptors (Lipinski definition) is 10. The van der Waals surface area contributed by atoms with E-state index in [-0.39, 0.29) is 32.3 Å². The summed E-state index contributed by atoms with van der Waals surface area (Å²) in [5.41, 5.74) is 0. The summed E-state index contributed by atoms with van der Waals surface area (Å²) >= 11 is 0. The molecule has 0 amide bonds. The lowest BCUT2D eigenvalue weighted by atomic mass is 10.0. The van der Waals surface area contributed by atoms with E-state index in [1.807, 2.05) is 0 Å². The summed E-state index contributed by atoms with van der Waals surface area (Å²) < 4.78 is 22.0. The van der Waals surface area contributed by atoms with Gasteiger partial charge >= 0.3 is 0 Å². The Balaban J connectivity index is 1.64. The third-order valence-electron chi connectivity index (χ3n) is 7.89. The lowest BCUT2D eigenvalue weighted by molar-refractivity contribution is -0.0966. The summed E-state index contributed by atoms with van der Waals surface area (Å²) in [6, 6.07) is 0. The average Bonchev–Trinajstić information content (AvgIpc) is 3.44. The zero-order valence-electron chi connectivity index (χ0n) is 23.9. The zero-order chi connectivity index (χ0) is 28.5. The Hall–Kier alpha value is -0.400. The van der Waals surface area contributed by atoms with Gasteiger partial charge in [0.25, 0.3) is 0 Å². The molecule has 39 heavy (non-hydrogen) atoms. The molecule has 0 bridgehead atoms. The van der Waals surface area contributed by atoms with E-state index >= 15 is 0 Å². The van der Waals surface area contributed by atoms with Gasteiger partial charge in [0, 0.05) is 5.92 Å². The van der Waals surface area contributed by atoms with Gasteiger partial charge in [-0.15, -0.1) is 0 Å². The van der Waals surface area contributed by atoms with Crippen LogP contribution in [0.25, 0.3) is 0 Å². The average molecular weight is 565 g/mol. The maximum atomic E-state index is 10.3. The number of rotatable bonds is 23. The van der Waals surface area contributed by atoms with Crippen LogP contribution in [0, 0.1) is 5.92 Å². The predicted octanol–water partition coefficient (Wildman–Crippen LogP) is 1.69. The quantitative estimate of drug-likeness (QED) is 0.101. The molecule has 2 aliphatic heterocycles. The molecule has 232 valence electrons. The Bertz CT molecular complexity index is 560. The first-order valence-corrected chi connectivity index (χ1v) is 15.3. The number of aliphatic hydroxyl groups excluding tert-OH is 6. The van der Waals surface area contributed by atoms with Crippen LogP contribution in [0.1, 0.15) is 90.4 Å². The van der Waals surface area contributed by atoms with Gasteiger partial charge in [-0.2, -0.15) is 0 Å². The van der Waals surface area contributed by atoms with Crippen LogP contribution in [0.5, 0.6) is 0 Å². The molecule has 0 aliphatic carbocycles. The van der Waals surface area contributed by atoms with Crippen molar-refractivity contribution in [2.75, 3.05) is 39.6 Å². The molecule has 2 fully saturated rings. The highest BCUT2D eigenvalue weighted by atomic mass is 16.6. The Morgan fingerprint density at radius 1 is 0.590 bits per heavy atom. The molecule has 2 heterocycles. The molecule has 6 N–H and O–H groups in total. The number of unbranched alkanes of at least 4 members (excludes halogenated alkanes) is 11. The zero-order valence-corrected chi connectivity index (χ0v) is 23.9. The van der Waals surface area contributed by atoms with E-state index in [1.54, 1.807) is 0 Å². The van der Waals surface area contributed by atoms with Gasteiger partial charge in [-0.1, -0.05) is 84.0 Å². The lowest BCUT2D eigenvalue weighted by Crippen LogP contribution is -2.41. The van der Waals surface area contributed by atoms with Crippen molar-refractivity contribution < 1.29 is 49.6 Å². The van der Waals surface area contributed by atoms with Crippen LogP contribution < -0.4 is 0 Å². The topological polar surface area (TPSA) is 158 Å². The highest BCUT2D eigenvalue weighted by Gasteiger charge is 2.40. The summed E-state index contributed by atoms with van der Waals surface area (Å²) in [7, 11) is 0. The molecule has 10 heteroatoms. The van der Waals surface area contributed by atoms with Crippen molar-refractivity contribution in [1.82, 2.24) is 0 Å². The second-order valence-electron chi connectivity index (χ2n) is 11.5. The van der Waals surface area contributed by atoms with E-state index in [2.05, 4.69) is 6.92 Å². The van der Waals surface area contributed by atoms with Gasteiger partial charge in [0.2, 0.25) is 0 Å². The van der Waals surface area contributed by atoms with E-state index in [4.69, 9.17) is 18.9 Å². The van der Waals surface area contributed by atoms with Gasteiger partial charge < -0.3 is 49.6 Å². The van der Waals surface area contributed by atoms with E-state index in [0.29, 0.717) is 13.2 Å². The molecule has 2 rings (SSSR count). The molecule has 2 aliphatic rings. The Morgan fingerprint density at radius 3 is 1.33 bits per heavy atom. The van der Waals surface area contributed by atoms with Crippen molar-refractivity contribution in [2.45, 2.75) is 139 Å². The van der Waals surface area contributed by atoms with Gasteiger partial charge in [-0.3, -0.25) is 0 Å². The van der Waals surface area contributed by atoms with Crippen LogP contribution in [0.3, 0.4) is 0 Å². The maximum absolute atomic E-state index is 10.3. The van der Waals surface area contributed by atoms with Crippen LogP contribution in [0.4, 0.5) is 0 Å². The predicted molar refractivity (Wildman–Crippen MR) is 146 cm³/mol. The minimum Gasteiger partial charge on any atom is -0.388 e. The lowest BCUT2D eigenvalue weighted by Gasteiger charge is -2.24. The fourth-order valence-corrected chi connectivity index (χ4v) is 5.32. The van der Waals surface area contributed by atoms with Crippen molar-refractivity contribution in [2.24, 2.45) is 5.92 Å². The van der Waals surface area contributed by atoms with Gasteiger partial charge in [-0.25, -0.2) is 0 Å². The van der Waals surface area contributed by atoms with E-state index in [1.165, 1.54) is 64.2 Å². The normalized spacial score (nSPS) is 29.6. The first kappa shape index (κ1) is 34.8. The highest BCUT2D eigenvalue weighted by Crippen LogP contribution is 2.21. The molecule has 0 aromatic carbocycles. The summed E-state index contributed by atoms with van der Waals surface area (Å²) in [5.74, 6) is 0.0348. The first-order chi connectivity index (χ1) is 18.8. The van der Waals surface area contributed by atoms with Gasteiger partial charge in [-0.05, 0) is 6.42 Å². The highest BCUT2D eigenvalue weighted by molar-refractivity contribution is 4.88.